The Labute approximate surface area is 101 Å². The quantitative estimate of drug-likeness (QED) is 0.852. The van der Waals surface area contributed by atoms with Crippen LogP contribution < -0.4 is 11.2 Å². The van der Waals surface area contributed by atoms with E-state index in [1.54, 1.807) is 6.92 Å². The largest absolute Gasteiger partial charge is 0.494 e. The lowest BCUT2D eigenvalue weighted by Crippen LogP contribution is -2.32. The van der Waals surface area contributed by atoms with Gasteiger partial charge < -0.3 is 5.11 Å². The highest BCUT2D eigenvalue weighted by Crippen LogP contribution is 2.14. The van der Waals surface area contributed by atoms with E-state index < -0.39 is 11.2 Å². The molecule has 90 valence electrons. The third-order valence-corrected chi connectivity index (χ3v) is 3.27. The third kappa shape index (κ3) is 2.16. The van der Waals surface area contributed by atoms with Crippen LogP contribution in [-0.2, 0) is 13.0 Å². The first kappa shape index (κ1) is 11.7. The molecule has 17 heavy (non-hydrogen) atoms. The number of thiophene rings is 1. The Kier molecular flexibility index (Phi) is 3.14. The van der Waals surface area contributed by atoms with Crippen molar-refractivity contribution in [1.82, 2.24) is 9.55 Å². The first-order chi connectivity index (χ1) is 8.13. The molecule has 0 amide bonds. The Morgan fingerprint density at radius 1 is 1.47 bits per heavy atom. The van der Waals surface area contributed by atoms with Gasteiger partial charge in [-0.3, -0.25) is 14.3 Å². The topological polar surface area (TPSA) is 75.1 Å². The molecule has 0 atom stereocenters. The van der Waals surface area contributed by atoms with Crippen LogP contribution in [0.15, 0.2) is 26.4 Å². The average molecular weight is 252 g/mol. The number of nitrogens with one attached hydrogen (secondary N) is 1. The van der Waals surface area contributed by atoms with Crippen molar-refractivity contribution in [2.24, 2.45) is 0 Å². The van der Waals surface area contributed by atoms with Crippen molar-refractivity contribution in [3.63, 3.8) is 0 Å². The fraction of sp³-hybridized carbons (Fsp3) is 0.273. The van der Waals surface area contributed by atoms with Crippen molar-refractivity contribution in [3.05, 3.63) is 48.8 Å². The molecule has 0 aliphatic heterocycles. The van der Waals surface area contributed by atoms with Crippen LogP contribution in [0.3, 0.4) is 0 Å². The Morgan fingerprint density at radius 3 is 2.82 bits per heavy atom. The lowest BCUT2D eigenvalue weighted by molar-refractivity contribution is 0.402. The molecule has 0 unspecified atom stereocenters. The van der Waals surface area contributed by atoms with Crippen molar-refractivity contribution in [1.29, 1.82) is 0 Å². The average Bonchev–Trinajstić information content (AvgIpc) is 2.77. The van der Waals surface area contributed by atoms with Crippen molar-refractivity contribution in [2.75, 3.05) is 0 Å². The predicted molar refractivity (Wildman–Crippen MR) is 65.8 cm³/mol. The summed E-state index contributed by atoms with van der Waals surface area (Å²) in [6.07, 6.45) is 0.380. The highest BCUT2D eigenvalue weighted by atomic mass is 32.1. The highest BCUT2D eigenvalue weighted by Gasteiger charge is 2.12. The first-order valence-electron chi connectivity index (χ1n) is 5.19. The molecule has 2 aromatic rings. The molecule has 0 aliphatic rings. The second-order valence-electron chi connectivity index (χ2n) is 3.63. The minimum absolute atomic E-state index is 0.236. The second-order valence-corrected chi connectivity index (χ2v) is 4.41. The number of hydrogen-bond donors (Lipinski definition) is 2. The maximum absolute atomic E-state index is 11.6. The van der Waals surface area contributed by atoms with Gasteiger partial charge in [-0.2, -0.15) is 11.3 Å². The predicted octanol–water partition coefficient (Wildman–Crippen LogP) is 0.914. The van der Waals surface area contributed by atoms with Gasteiger partial charge in [0, 0.05) is 0 Å². The maximum Gasteiger partial charge on any atom is 0.331 e. The van der Waals surface area contributed by atoms with E-state index in [0.29, 0.717) is 6.42 Å². The zero-order valence-corrected chi connectivity index (χ0v) is 10.1. The Balaban J connectivity index is 2.54. The van der Waals surface area contributed by atoms with Crippen LogP contribution in [0.2, 0.25) is 0 Å². The number of aromatic amines is 1. The molecule has 0 bridgehead atoms. The summed E-state index contributed by atoms with van der Waals surface area (Å²) in [6, 6.07) is 1.87. The number of hydrogen-bond acceptors (Lipinski definition) is 4. The molecule has 2 rings (SSSR count). The molecule has 0 radical (unpaired) electrons. The maximum atomic E-state index is 11.6. The fourth-order valence-electron chi connectivity index (χ4n) is 1.63. The second kappa shape index (κ2) is 4.58. The molecule has 0 spiro atoms. The van der Waals surface area contributed by atoms with Crippen molar-refractivity contribution >= 4 is 11.3 Å². The number of nitrogens with zero attached hydrogens (tertiary/aromatic N) is 1. The zero-order valence-electron chi connectivity index (χ0n) is 9.27. The summed E-state index contributed by atoms with van der Waals surface area (Å²) in [4.78, 5) is 25.2. The van der Waals surface area contributed by atoms with Gasteiger partial charge in [0.25, 0.3) is 5.56 Å². The third-order valence-electron chi connectivity index (χ3n) is 2.54. The van der Waals surface area contributed by atoms with E-state index >= 15 is 0 Å². The fourth-order valence-corrected chi connectivity index (χ4v) is 2.29. The van der Waals surface area contributed by atoms with Gasteiger partial charge in [-0.05, 0) is 28.8 Å². The van der Waals surface area contributed by atoms with E-state index in [2.05, 4.69) is 4.98 Å². The summed E-state index contributed by atoms with van der Waals surface area (Å²) in [5.41, 5.74) is 0.0498. The summed E-state index contributed by atoms with van der Waals surface area (Å²) in [6.45, 7) is 2.02. The molecule has 0 saturated carbocycles. The van der Waals surface area contributed by atoms with E-state index in [0.717, 1.165) is 5.56 Å². The van der Waals surface area contributed by atoms with Crippen LogP contribution in [0, 0.1) is 0 Å². The monoisotopic (exact) mass is 252 g/mol. The Morgan fingerprint density at radius 2 is 2.24 bits per heavy atom. The molecule has 2 heterocycles. The zero-order chi connectivity index (χ0) is 12.4. The van der Waals surface area contributed by atoms with Gasteiger partial charge in [0.1, 0.15) is 0 Å². The molecule has 5 nitrogen and oxygen atoms in total. The molecule has 0 aliphatic carbocycles. The molecule has 0 fully saturated rings. The number of aromatic hydroxyl groups is 1. The van der Waals surface area contributed by atoms with E-state index in [9.17, 15) is 14.7 Å². The van der Waals surface area contributed by atoms with Crippen LogP contribution in [-0.4, -0.2) is 14.7 Å². The van der Waals surface area contributed by atoms with Gasteiger partial charge in [0.15, 0.2) is 0 Å². The van der Waals surface area contributed by atoms with Crippen LogP contribution in [0.5, 0.6) is 5.88 Å². The summed E-state index contributed by atoms with van der Waals surface area (Å²) in [5, 5.41) is 13.7. The van der Waals surface area contributed by atoms with E-state index in [4.69, 9.17) is 0 Å². The van der Waals surface area contributed by atoms with Crippen molar-refractivity contribution in [2.45, 2.75) is 19.9 Å². The molecular weight excluding hydrogens is 240 g/mol. The molecule has 0 aromatic carbocycles. The summed E-state index contributed by atoms with van der Waals surface area (Å²) < 4.78 is 1.17. The Bertz CT molecular complexity index is 625. The first-order valence-corrected chi connectivity index (χ1v) is 6.13. The van der Waals surface area contributed by atoms with Gasteiger partial charge in [-0.25, -0.2) is 4.79 Å². The molecule has 2 N–H and O–H groups in total. The normalized spacial score (nSPS) is 10.6. The number of H-pyrrole nitrogens is 1. The Hall–Kier alpha value is -1.82. The van der Waals surface area contributed by atoms with E-state index in [-0.39, 0.29) is 18.0 Å². The standard InChI is InChI=1S/C11H12N2O3S/c1-2-8-9(14)12-11(16)13(10(8)15)5-7-3-4-17-6-7/h3-4,6,15H,2,5H2,1H3,(H,12,14,16). The van der Waals surface area contributed by atoms with Crippen molar-refractivity contribution < 1.29 is 5.11 Å². The van der Waals surface area contributed by atoms with Gasteiger partial charge in [-0.1, -0.05) is 6.92 Å². The summed E-state index contributed by atoms with van der Waals surface area (Å²) in [7, 11) is 0. The SMILES string of the molecule is CCc1c(O)n(Cc2ccsc2)c(=O)[nH]c1=O. The van der Waals surface area contributed by atoms with E-state index in [1.165, 1.54) is 15.9 Å². The summed E-state index contributed by atoms with van der Waals surface area (Å²) >= 11 is 1.51. The minimum atomic E-state index is -0.587. The number of aromatic nitrogens is 2. The van der Waals surface area contributed by atoms with Gasteiger partial charge in [-0.15, -0.1) is 0 Å². The lowest BCUT2D eigenvalue weighted by Gasteiger charge is -2.09. The van der Waals surface area contributed by atoms with Crippen molar-refractivity contribution in [3.8, 4) is 5.88 Å². The summed E-state index contributed by atoms with van der Waals surface area (Å²) in [5.74, 6) is -0.243. The van der Waals surface area contributed by atoms with Crippen LogP contribution in [0.4, 0.5) is 0 Å². The van der Waals surface area contributed by atoms with Crippen LogP contribution >= 0.6 is 11.3 Å². The molecule has 6 heteroatoms. The lowest BCUT2D eigenvalue weighted by atomic mass is 10.2. The molecular formula is C11H12N2O3S. The van der Waals surface area contributed by atoms with Gasteiger partial charge in [0.2, 0.25) is 5.88 Å². The minimum Gasteiger partial charge on any atom is -0.494 e. The van der Waals surface area contributed by atoms with Gasteiger partial charge >= 0.3 is 5.69 Å². The van der Waals surface area contributed by atoms with Crippen LogP contribution in [0.25, 0.3) is 0 Å². The molecule has 0 saturated heterocycles. The van der Waals surface area contributed by atoms with E-state index in [1.807, 2.05) is 16.8 Å². The van der Waals surface area contributed by atoms with Gasteiger partial charge in [0.05, 0.1) is 12.1 Å². The number of rotatable bonds is 3. The smallest absolute Gasteiger partial charge is 0.331 e. The highest BCUT2D eigenvalue weighted by molar-refractivity contribution is 7.07. The molecule has 2 aromatic heterocycles. The van der Waals surface area contributed by atoms with Crippen LogP contribution in [0.1, 0.15) is 18.1 Å².